The Morgan fingerprint density at radius 2 is 2.05 bits per heavy atom. The van der Waals surface area contributed by atoms with Crippen molar-refractivity contribution in [3.05, 3.63) is 35.9 Å². The van der Waals surface area contributed by atoms with Gasteiger partial charge in [0.25, 0.3) is 0 Å². The van der Waals surface area contributed by atoms with E-state index in [1.165, 1.54) is 4.90 Å². The number of likely N-dealkylation sites (tertiary alicyclic amines) is 1. The number of hydrogen-bond acceptors (Lipinski definition) is 4. The van der Waals surface area contributed by atoms with Crippen LogP contribution in [-0.2, 0) is 16.1 Å². The van der Waals surface area contributed by atoms with Crippen LogP contribution >= 0.6 is 0 Å². The molecule has 1 aliphatic rings. The number of Topliss-reactive ketones (excluding diaryl/α,β-unsaturated/α-hetero) is 1. The highest BCUT2D eigenvalue weighted by molar-refractivity contribution is 5.84. The molecule has 2 rings (SSSR count). The van der Waals surface area contributed by atoms with E-state index in [0.29, 0.717) is 13.1 Å². The number of aliphatic hydroxyl groups is 1. The Bertz CT molecular complexity index is 446. The van der Waals surface area contributed by atoms with Crippen LogP contribution in [0.5, 0.6) is 0 Å². The molecule has 1 saturated heterocycles. The lowest BCUT2D eigenvalue weighted by molar-refractivity contribution is -0.126. The predicted molar refractivity (Wildman–Crippen MR) is 68.4 cm³/mol. The van der Waals surface area contributed by atoms with Crippen LogP contribution in [0.25, 0.3) is 0 Å². The van der Waals surface area contributed by atoms with Crippen molar-refractivity contribution in [2.45, 2.75) is 25.6 Å². The van der Waals surface area contributed by atoms with Crippen LogP contribution < -0.4 is 0 Å². The lowest BCUT2D eigenvalue weighted by Crippen LogP contribution is -2.32. The first-order valence-electron chi connectivity index (χ1n) is 6.33. The topological polar surface area (TPSA) is 66.8 Å². The summed E-state index contributed by atoms with van der Waals surface area (Å²) in [6, 6.07) is 9.41. The number of carbonyl (C=O) groups is 2. The molecule has 0 aromatic heterocycles. The van der Waals surface area contributed by atoms with Crippen molar-refractivity contribution in [3.63, 3.8) is 0 Å². The maximum Gasteiger partial charge on any atom is 0.410 e. The summed E-state index contributed by atoms with van der Waals surface area (Å²) >= 11 is 0. The summed E-state index contributed by atoms with van der Waals surface area (Å²) in [4.78, 5) is 24.7. The van der Waals surface area contributed by atoms with E-state index < -0.39 is 12.2 Å². The van der Waals surface area contributed by atoms with E-state index in [1.54, 1.807) is 0 Å². The molecule has 1 aromatic rings. The zero-order chi connectivity index (χ0) is 13.7. The van der Waals surface area contributed by atoms with E-state index in [9.17, 15) is 14.7 Å². The Balaban J connectivity index is 1.84. The predicted octanol–water partition coefficient (Wildman–Crippen LogP) is 1.35. The van der Waals surface area contributed by atoms with Gasteiger partial charge in [-0.3, -0.25) is 4.79 Å². The maximum atomic E-state index is 11.8. The zero-order valence-electron chi connectivity index (χ0n) is 10.6. The summed E-state index contributed by atoms with van der Waals surface area (Å²) in [5, 5.41) is 9.44. The first kappa shape index (κ1) is 13.5. The quantitative estimate of drug-likeness (QED) is 0.874. The molecular formula is C14H17NO4. The normalized spacial score (nSPS) is 19.9. The summed E-state index contributed by atoms with van der Waals surface area (Å²) < 4.78 is 5.19. The average molecular weight is 263 g/mol. The molecule has 1 amide bonds. The summed E-state index contributed by atoms with van der Waals surface area (Å²) in [5.74, 6) is -0.210. The zero-order valence-corrected chi connectivity index (χ0v) is 10.6. The molecule has 0 bridgehead atoms. The van der Waals surface area contributed by atoms with Gasteiger partial charge in [0.1, 0.15) is 12.7 Å². The number of ketones is 1. The lowest BCUT2D eigenvalue weighted by Gasteiger charge is -2.19. The second kappa shape index (κ2) is 6.33. The minimum Gasteiger partial charge on any atom is -0.445 e. The third kappa shape index (κ3) is 3.79. The van der Waals surface area contributed by atoms with Crippen LogP contribution in [0, 0.1) is 0 Å². The van der Waals surface area contributed by atoms with Crippen molar-refractivity contribution in [2.24, 2.45) is 0 Å². The molecule has 0 radical (unpaired) electrons. The Labute approximate surface area is 111 Å². The molecule has 102 valence electrons. The largest absolute Gasteiger partial charge is 0.445 e. The van der Waals surface area contributed by atoms with E-state index in [0.717, 1.165) is 5.56 Å². The molecule has 5 nitrogen and oxygen atoms in total. The fourth-order valence-corrected chi connectivity index (χ4v) is 1.96. The Morgan fingerprint density at radius 3 is 2.79 bits per heavy atom. The van der Waals surface area contributed by atoms with Gasteiger partial charge in [-0.2, -0.15) is 0 Å². The van der Waals surface area contributed by atoms with E-state index in [4.69, 9.17) is 4.74 Å². The van der Waals surface area contributed by atoms with Crippen LogP contribution in [0.15, 0.2) is 30.3 Å². The van der Waals surface area contributed by atoms with Crippen LogP contribution in [0.4, 0.5) is 4.79 Å². The molecule has 1 unspecified atom stereocenters. The van der Waals surface area contributed by atoms with Gasteiger partial charge in [0.15, 0.2) is 5.78 Å². The van der Waals surface area contributed by atoms with Crippen LogP contribution in [0.3, 0.4) is 0 Å². The molecule has 19 heavy (non-hydrogen) atoms. The minimum absolute atomic E-state index is 0.182. The van der Waals surface area contributed by atoms with E-state index in [2.05, 4.69) is 0 Å². The second-order valence-corrected chi connectivity index (χ2v) is 4.55. The number of carbonyl (C=O) groups excluding carboxylic acids is 2. The van der Waals surface area contributed by atoms with Gasteiger partial charge in [-0.25, -0.2) is 4.79 Å². The molecule has 1 aliphatic heterocycles. The monoisotopic (exact) mass is 263 g/mol. The van der Waals surface area contributed by atoms with Gasteiger partial charge < -0.3 is 14.7 Å². The van der Waals surface area contributed by atoms with Crippen molar-refractivity contribution in [1.82, 2.24) is 4.90 Å². The number of ether oxygens (including phenoxy) is 1. The third-order valence-electron chi connectivity index (χ3n) is 3.14. The van der Waals surface area contributed by atoms with Crippen LogP contribution in [-0.4, -0.2) is 41.1 Å². The smallest absolute Gasteiger partial charge is 0.410 e. The molecule has 1 heterocycles. The van der Waals surface area contributed by atoms with Crippen LogP contribution in [0.1, 0.15) is 18.4 Å². The van der Waals surface area contributed by atoms with Crippen molar-refractivity contribution in [3.8, 4) is 0 Å². The van der Waals surface area contributed by atoms with Gasteiger partial charge in [-0.1, -0.05) is 30.3 Å². The molecule has 0 spiro atoms. The van der Waals surface area contributed by atoms with Crippen LogP contribution in [0.2, 0.25) is 0 Å². The van der Waals surface area contributed by atoms with E-state index in [-0.39, 0.29) is 25.2 Å². The van der Waals surface area contributed by atoms with Gasteiger partial charge in [-0.15, -0.1) is 0 Å². The van der Waals surface area contributed by atoms with Gasteiger partial charge in [0.05, 0.1) is 0 Å². The second-order valence-electron chi connectivity index (χ2n) is 4.55. The third-order valence-corrected chi connectivity index (χ3v) is 3.14. The summed E-state index contributed by atoms with van der Waals surface area (Å²) in [7, 11) is 0. The van der Waals surface area contributed by atoms with E-state index >= 15 is 0 Å². The number of amides is 1. The number of aliphatic hydroxyl groups excluding tert-OH is 1. The molecule has 1 aromatic carbocycles. The van der Waals surface area contributed by atoms with Gasteiger partial charge in [0.2, 0.25) is 0 Å². The molecule has 1 atom stereocenters. The number of rotatable bonds is 2. The average Bonchev–Trinajstić information content (AvgIpc) is 2.60. The fourth-order valence-electron chi connectivity index (χ4n) is 1.96. The molecular weight excluding hydrogens is 246 g/mol. The first-order valence-corrected chi connectivity index (χ1v) is 6.33. The Hall–Kier alpha value is -1.88. The standard InChI is InChI=1S/C14H17NO4/c16-12-6-8-15(9-7-13(12)17)14(18)19-10-11-4-2-1-3-5-11/h1-5,12,16H,6-10H2. The summed E-state index contributed by atoms with van der Waals surface area (Å²) in [6.45, 7) is 0.872. The Kier molecular flexibility index (Phi) is 4.52. The highest BCUT2D eigenvalue weighted by Gasteiger charge is 2.25. The Morgan fingerprint density at radius 1 is 1.32 bits per heavy atom. The summed E-state index contributed by atoms with van der Waals surface area (Å²) in [6.07, 6.45) is -0.932. The van der Waals surface area contributed by atoms with Gasteiger partial charge in [0, 0.05) is 19.5 Å². The van der Waals surface area contributed by atoms with E-state index in [1.807, 2.05) is 30.3 Å². The highest BCUT2D eigenvalue weighted by Crippen LogP contribution is 2.10. The molecule has 1 N–H and O–H groups in total. The SMILES string of the molecule is O=C1CCN(C(=O)OCc2ccccc2)CCC1O. The number of nitrogens with zero attached hydrogens (tertiary/aromatic N) is 1. The first-order chi connectivity index (χ1) is 9.16. The van der Waals surface area contributed by atoms with Crippen molar-refractivity contribution in [1.29, 1.82) is 0 Å². The number of hydrogen-bond donors (Lipinski definition) is 1. The van der Waals surface area contributed by atoms with Crippen molar-refractivity contribution < 1.29 is 19.4 Å². The fraction of sp³-hybridized carbons (Fsp3) is 0.429. The van der Waals surface area contributed by atoms with Crippen molar-refractivity contribution in [2.75, 3.05) is 13.1 Å². The molecule has 0 saturated carbocycles. The minimum atomic E-state index is -0.952. The number of benzene rings is 1. The van der Waals surface area contributed by atoms with Crippen molar-refractivity contribution >= 4 is 11.9 Å². The summed E-state index contributed by atoms with van der Waals surface area (Å²) in [5.41, 5.74) is 0.918. The maximum absolute atomic E-state index is 11.8. The van der Waals surface area contributed by atoms with Gasteiger partial charge >= 0.3 is 6.09 Å². The molecule has 0 aliphatic carbocycles. The molecule has 1 fully saturated rings. The highest BCUT2D eigenvalue weighted by atomic mass is 16.6. The molecule has 5 heteroatoms. The van der Waals surface area contributed by atoms with Gasteiger partial charge in [-0.05, 0) is 12.0 Å². The lowest BCUT2D eigenvalue weighted by atomic mass is 10.1.